The first kappa shape index (κ1) is 28.0. The monoisotopic (exact) mass is 542 g/mol. The van der Waals surface area contributed by atoms with Gasteiger partial charge in [0.05, 0.1) is 30.7 Å². The van der Waals surface area contributed by atoms with Crippen LogP contribution in [0.1, 0.15) is 44.9 Å². The molecule has 0 spiro atoms. The van der Waals surface area contributed by atoms with Gasteiger partial charge in [-0.2, -0.15) is 10.5 Å². The number of anilines is 4. The number of carbonyl (C=O) groups is 2. The molecule has 38 heavy (non-hydrogen) atoms. The Kier molecular flexibility index (Phi) is 10.1. The first-order valence-corrected chi connectivity index (χ1v) is 13.4. The minimum Gasteiger partial charge on any atom is -0.394 e. The highest BCUT2D eigenvalue weighted by Gasteiger charge is 2.30. The van der Waals surface area contributed by atoms with Gasteiger partial charge in [-0.25, -0.2) is 4.98 Å². The molecule has 1 aromatic heterocycles. The summed E-state index contributed by atoms with van der Waals surface area (Å²) in [6.45, 7) is 3.55. The maximum atomic E-state index is 12.8. The topological polar surface area (TPSA) is 138 Å². The summed E-state index contributed by atoms with van der Waals surface area (Å²) in [5.74, 6) is 0.821. The second kappa shape index (κ2) is 13.7. The van der Waals surface area contributed by atoms with E-state index in [-0.39, 0.29) is 42.9 Å². The zero-order valence-corrected chi connectivity index (χ0v) is 22.0. The molecule has 5 N–H and O–H groups in total. The van der Waals surface area contributed by atoms with Gasteiger partial charge < -0.3 is 21.1 Å². The van der Waals surface area contributed by atoms with Gasteiger partial charge >= 0.3 is 0 Å². The number of aromatic nitrogens is 2. The number of carbonyl (C=O) groups excluding carboxylic acids is 2. The number of rotatable bonds is 13. The number of hydrogen-bond donors (Lipinski definition) is 5. The molecule has 4 rings (SSSR count). The van der Waals surface area contributed by atoms with Crippen molar-refractivity contribution in [3.63, 3.8) is 0 Å². The zero-order valence-electron chi connectivity index (χ0n) is 21.3. The van der Waals surface area contributed by atoms with Crippen LogP contribution in [-0.4, -0.2) is 52.1 Å². The summed E-state index contributed by atoms with van der Waals surface area (Å²) in [7, 11) is 0. The Bertz CT molecular complexity index is 1130. The largest absolute Gasteiger partial charge is 0.394 e. The molecule has 0 saturated heterocycles. The number of aliphatic hydroxyl groups excluding tert-OH is 1. The van der Waals surface area contributed by atoms with E-state index < -0.39 is 0 Å². The van der Waals surface area contributed by atoms with Gasteiger partial charge in [-0.15, -0.1) is 0 Å². The fourth-order valence-corrected chi connectivity index (χ4v) is 4.93. The number of Topliss-reactive ketones (excluding diaryl/α,β-unsaturated/α-hetero) is 1. The maximum Gasteiger partial charge on any atom is 0.247 e. The third-order valence-corrected chi connectivity index (χ3v) is 7.44. The summed E-state index contributed by atoms with van der Waals surface area (Å²) in [5, 5.41) is 19.1. The van der Waals surface area contributed by atoms with Crippen LogP contribution in [0, 0.1) is 11.8 Å². The van der Waals surface area contributed by atoms with Crippen molar-refractivity contribution in [3.05, 3.63) is 48.1 Å². The number of benzene rings is 1. The minimum atomic E-state index is -0.329. The molecule has 2 aromatic rings. The van der Waals surface area contributed by atoms with Crippen LogP contribution in [0.25, 0.3) is 0 Å². The van der Waals surface area contributed by atoms with Crippen LogP contribution in [0.4, 0.5) is 23.1 Å². The van der Waals surface area contributed by atoms with E-state index in [9.17, 15) is 14.7 Å². The van der Waals surface area contributed by atoms with Gasteiger partial charge in [0.2, 0.25) is 11.9 Å². The highest BCUT2D eigenvalue weighted by molar-refractivity contribution is 6.33. The molecule has 1 heterocycles. The second-order valence-electron chi connectivity index (χ2n) is 9.78. The molecule has 1 aromatic carbocycles. The van der Waals surface area contributed by atoms with Crippen LogP contribution < -0.4 is 21.4 Å². The summed E-state index contributed by atoms with van der Waals surface area (Å²) < 4.78 is 0. The van der Waals surface area contributed by atoms with Crippen molar-refractivity contribution in [1.82, 2.24) is 15.4 Å². The molecule has 3 unspecified atom stereocenters. The number of para-hydroxylation sites is 2. The number of aliphatic hydroxyl groups is 1. The molecule has 3 atom stereocenters. The average molecular weight is 543 g/mol. The van der Waals surface area contributed by atoms with Crippen LogP contribution in [-0.2, 0) is 14.4 Å². The standard InChI is InChI=1S/C27H35ClN6O4/c1-2-25(37)32-21-11-3-4-12-22(21)33-26-20(28)14-29-27(34-26)31-19-10-6-9-18(13-19)23(36)15-30-38-24(16-35)17-7-5-8-17/h2-4,11-12,14,17-19,24,30,35H,1,5-10,13,15-16H2,(H,32,37)(H2,29,31,33,34). The fourth-order valence-electron chi connectivity index (χ4n) is 4.79. The summed E-state index contributed by atoms with van der Waals surface area (Å²) >= 11 is 6.35. The molecule has 10 nitrogen and oxygen atoms in total. The summed E-state index contributed by atoms with van der Waals surface area (Å²) in [6.07, 6.45) is 9.02. The predicted octanol–water partition coefficient (Wildman–Crippen LogP) is 4.22. The number of nitrogens with zero attached hydrogens (tertiary/aromatic N) is 2. The Labute approximate surface area is 227 Å². The Balaban J connectivity index is 1.32. The van der Waals surface area contributed by atoms with Crippen LogP contribution >= 0.6 is 11.6 Å². The molecule has 2 aliphatic rings. The highest BCUT2D eigenvalue weighted by atomic mass is 35.5. The number of nitrogens with one attached hydrogen (secondary N) is 4. The van der Waals surface area contributed by atoms with E-state index in [0.29, 0.717) is 40.5 Å². The Hall–Kier alpha value is -3.05. The van der Waals surface area contributed by atoms with Crippen LogP contribution in [0.3, 0.4) is 0 Å². The van der Waals surface area contributed by atoms with Gasteiger partial charge in [-0.05, 0) is 56.2 Å². The van der Waals surface area contributed by atoms with Crippen molar-refractivity contribution >= 4 is 46.4 Å². The van der Waals surface area contributed by atoms with Crippen LogP contribution in [0.5, 0.6) is 0 Å². The van der Waals surface area contributed by atoms with E-state index in [2.05, 4.69) is 38.0 Å². The molecule has 11 heteroatoms. The van der Waals surface area contributed by atoms with E-state index in [1.165, 1.54) is 12.3 Å². The summed E-state index contributed by atoms with van der Waals surface area (Å²) in [6, 6.07) is 7.23. The van der Waals surface area contributed by atoms with Gasteiger partial charge in [0.15, 0.2) is 11.6 Å². The number of hydrogen-bond acceptors (Lipinski definition) is 9. The lowest BCUT2D eigenvalue weighted by Crippen LogP contribution is -2.40. The molecule has 2 aliphatic carbocycles. The second-order valence-corrected chi connectivity index (χ2v) is 10.2. The van der Waals surface area contributed by atoms with Crippen molar-refractivity contribution < 1.29 is 19.5 Å². The van der Waals surface area contributed by atoms with E-state index in [0.717, 1.165) is 38.5 Å². The van der Waals surface area contributed by atoms with Gasteiger partial charge in [-0.1, -0.05) is 43.2 Å². The average Bonchev–Trinajstić information content (AvgIpc) is 2.90. The predicted molar refractivity (Wildman–Crippen MR) is 147 cm³/mol. The van der Waals surface area contributed by atoms with Gasteiger partial charge in [0.25, 0.3) is 0 Å². The smallest absolute Gasteiger partial charge is 0.247 e. The van der Waals surface area contributed by atoms with Crippen molar-refractivity contribution in [2.24, 2.45) is 11.8 Å². The lowest BCUT2D eigenvalue weighted by atomic mass is 9.81. The summed E-state index contributed by atoms with van der Waals surface area (Å²) in [5.41, 5.74) is 3.97. The van der Waals surface area contributed by atoms with Gasteiger partial charge in [-0.3, -0.25) is 14.4 Å². The number of hydroxylamine groups is 1. The fraction of sp³-hybridized carbons (Fsp3) is 0.481. The van der Waals surface area contributed by atoms with Crippen molar-refractivity contribution in [2.75, 3.05) is 29.1 Å². The highest BCUT2D eigenvalue weighted by Crippen LogP contribution is 2.32. The molecular weight excluding hydrogens is 508 g/mol. The van der Waals surface area contributed by atoms with Gasteiger partial charge in [0, 0.05) is 12.0 Å². The normalized spacial score (nSPS) is 20.2. The molecule has 2 saturated carbocycles. The summed E-state index contributed by atoms with van der Waals surface area (Å²) in [4.78, 5) is 39.1. The third kappa shape index (κ3) is 7.50. The van der Waals surface area contributed by atoms with Crippen molar-refractivity contribution in [2.45, 2.75) is 57.1 Å². The Morgan fingerprint density at radius 3 is 2.66 bits per heavy atom. The van der Waals surface area contributed by atoms with Crippen LogP contribution in [0.15, 0.2) is 43.1 Å². The number of halogens is 1. The number of amides is 1. The molecule has 2 fully saturated rings. The van der Waals surface area contributed by atoms with E-state index in [1.807, 2.05) is 6.07 Å². The molecule has 204 valence electrons. The molecular formula is C27H35ClN6O4. The Morgan fingerprint density at radius 2 is 1.95 bits per heavy atom. The van der Waals surface area contributed by atoms with Crippen molar-refractivity contribution in [3.8, 4) is 0 Å². The molecule has 0 radical (unpaired) electrons. The minimum absolute atomic E-state index is 0.0342. The third-order valence-electron chi connectivity index (χ3n) is 7.17. The molecule has 0 bridgehead atoms. The lowest BCUT2D eigenvalue weighted by molar-refractivity contribution is -0.131. The maximum absolute atomic E-state index is 12.8. The lowest BCUT2D eigenvalue weighted by Gasteiger charge is -2.32. The Morgan fingerprint density at radius 1 is 1.18 bits per heavy atom. The SMILES string of the molecule is C=CC(=O)Nc1ccccc1Nc1nc(NC2CCCC(C(=O)CNOC(CO)C3CCC3)C2)ncc1Cl. The van der Waals surface area contributed by atoms with Crippen molar-refractivity contribution in [1.29, 1.82) is 0 Å². The quantitative estimate of drug-likeness (QED) is 0.186. The molecule has 0 aliphatic heterocycles. The van der Waals surface area contributed by atoms with E-state index in [1.54, 1.807) is 18.2 Å². The van der Waals surface area contributed by atoms with E-state index in [4.69, 9.17) is 16.4 Å². The van der Waals surface area contributed by atoms with Gasteiger partial charge in [0.1, 0.15) is 11.1 Å². The first-order valence-electron chi connectivity index (χ1n) is 13.1. The zero-order chi connectivity index (χ0) is 26.9. The van der Waals surface area contributed by atoms with E-state index >= 15 is 0 Å². The van der Waals surface area contributed by atoms with Crippen LogP contribution in [0.2, 0.25) is 5.02 Å². The first-order chi connectivity index (χ1) is 18.5. The molecule has 1 amide bonds. The number of ketones is 1.